The number of hydrogen-bond donors (Lipinski definition) is 3. The van der Waals surface area contributed by atoms with Crippen LogP contribution in [-0.2, 0) is 9.59 Å². The Kier molecular flexibility index (Phi) is 4.21. The number of amides is 2. The predicted molar refractivity (Wildman–Crippen MR) is 77.0 cm³/mol. The van der Waals surface area contributed by atoms with E-state index in [1.54, 1.807) is 0 Å². The van der Waals surface area contributed by atoms with Crippen molar-refractivity contribution in [3.05, 3.63) is 27.7 Å². The number of halogens is 1. The molecule has 0 aromatic heterocycles. The molecule has 1 atom stereocenters. The average Bonchev–Trinajstić information content (AvgIpc) is 2.34. The van der Waals surface area contributed by atoms with Crippen LogP contribution in [-0.4, -0.2) is 30.9 Å². The Hall–Kier alpha value is -1.40. The van der Waals surface area contributed by atoms with Gasteiger partial charge in [0.15, 0.2) is 0 Å². The van der Waals surface area contributed by atoms with Crippen molar-refractivity contribution in [2.45, 2.75) is 19.9 Å². The van der Waals surface area contributed by atoms with E-state index in [0.717, 1.165) is 21.3 Å². The van der Waals surface area contributed by atoms with Crippen LogP contribution in [0.25, 0.3) is 0 Å². The van der Waals surface area contributed by atoms with Gasteiger partial charge in [0.05, 0.1) is 12.2 Å². The molecule has 5 nitrogen and oxygen atoms in total. The number of carbonyl (C=O) groups excluding carboxylic acids is 2. The summed E-state index contributed by atoms with van der Waals surface area (Å²) in [5.74, 6) is -0.232. The highest BCUT2D eigenvalue weighted by atomic mass is 79.9. The van der Waals surface area contributed by atoms with Crippen molar-refractivity contribution in [2.75, 3.05) is 18.4 Å². The maximum atomic E-state index is 12.1. The lowest BCUT2D eigenvalue weighted by molar-refractivity contribution is -0.124. The molecule has 19 heavy (non-hydrogen) atoms. The minimum atomic E-state index is -0.398. The lowest BCUT2D eigenvalue weighted by Crippen LogP contribution is -2.56. The first-order valence-electron chi connectivity index (χ1n) is 6.05. The summed E-state index contributed by atoms with van der Waals surface area (Å²) in [6, 6.07) is 3.57. The smallest absolute Gasteiger partial charge is 0.243 e. The van der Waals surface area contributed by atoms with Crippen LogP contribution in [0.5, 0.6) is 0 Å². The summed E-state index contributed by atoms with van der Waals surface area (Å²) in [5.41, 5.74) is 2.90. The number of aryl methyl sites for hydroxylation is 2. The van der Waals surface area contributed by atoms with Gasteiger partial charge in [0, 0.05) is 11.0 Å². The van der Waals surface area contributed by atoms with E-state index >= 15 is 0 Å². The lowest BCUT2D eigenvalue weighted by Gasteiger charge is -2.24. The summed E-state index contributed by atoms with van der Waals surface area (Å²) < 4.78 is 0.859. The fourth-order valence-electron chi connectivity index (χ4n) is 2.04. The van der Waals surface area contributed by atoms with Gasteiger partial charge in [-0.25, -0.2) is 0 Å². The molecule has 0 bridgehead atoms. The zero-order valence-corrected chi connectivity index (χ0v) is 12.4. The van der Waals surface area contributed by atoms with Crippen molar-refractivity contribution in [3.63, 3.8) is 0 Å². The zero-order valence-electron chi connectivity index (χ0n) is 10.8. The number of rotatable bonds is 2. The standard InChI is InChI=1S/C13H16BrN3O2/c1-7-3-8(2)12(9(14)4-7)17-13(19)10-5-16-11(18)6-15-10/h3-4,10,15H,5-6H2,1-2H3,(H,16,18)(H,17,19). The predicted octanol–water partition coefficient (Wildman–Crippen LogP) is 1.09. The Balaban J connectivity index is 2.09. The Morgan fingerprint density at radius 3 is 2.74 bits per heavy atom. The molecule has 1 aromatic rings. The van der Waals surface area contributed by atoms with E-state index < -0.39 is 6.04 Å². The van der Waals surface area contributed by atoms with E-state index in [1.807, 2.05) is 26.0 Å². The summed E-state index contributed by atoms with van der Waals surface area (Å²) in [4.78, 5) is 23.1. The highest BCUT2D eigenvalue weighted by Gasteiger charge is 2.24. The molecular weight excluding hydrogens is 310 g/mol. The fraction of sp³-hybridized carbons (Fsp3) is 0.385. The second kappa shape index (κ2) is 5.71. The Labute approximate surface area is 120 Å². The molecule has 2 rings (SSSR count). The van der Waals surface area contributed by atoms with E-state index in [9.17, 15) is 9.59 Å². The van der Waals surface area contributed by atoms with E-state index in [4.69, 9.17) is 0 Å². The minimum Gasteiger partial charge on any atom is -0.353 e. The number of hydrogen-bond acceptors (Lipinski definition) is 3. The molecule has 0 radical (unpaired) electrons. The summed E-state index contributed by atoms with van der Waals surface area (Å²) in [7, 11) is 0. The van der Waals surface area contributed by atoms with Gasteiger partial charge in [-0.1, -0.05) is 6.07 Å². The SMILES string of the molecule is Cc1cc(C)c(NC(=O)C2CNC(=O)CN2)c(Br)c1. The van der Waals surface area contributed by atoms with Gasteiger partial charge in [0.2, 0.25) is 11.8 Å². The third-order valence-corrected chi connectivity index (χ3v) is 3.63. The zero-order chi connectivity index (χ0) is 14.0. The average molecular weight is 326 g/mol. The van der Waals surface area contributed by atoms with Gasteiger partial charge in [-0.15, -0.1) is 0 Å². The van der Waals surface area contributed by atoms with Crippen LogP contribution < -0.4 is 16.0 Å². The second-order valence-electron chi connectivity index (χ2n) is 4.67. The quantitative estimate of drug-likeness (QED) is 0.762. The van der Waals surface area contributed by atoms with E-state index in [0.29, 0.717) is 6.54 Å². The highest BCUT2D eigenvalue weighted by Crippen LogP contribution is 2.27. The normalized spacial score (nSPS) is 18.9. The van der Waals surface area contributed by atoms with Crippen LogP contribution in [0.1, 0.15) is 11.1 Å². The molecule has 102 valence electrons. The molecule has 1 aliphatic rings. The summed E-state index contributed by atoms with van der Waals surface area (Å²) in [6.45, 7) is 4.43. The molecule has 1 fully saturated rings. The lowest BCUT2D eigenvalue weighted by atomic mass is 10.1. The van der Waals surface area contributed by atoms with Crippen LogP contribution >= 0.6 is 15.9 Å². The summed E-state index contributed by atoms with van der Waals surface area (Å²) >= 11 is 3.46. The van der Waals surface area contributed by atoms with Crippen molar-refractivity contribution in [1.29, 1.82) is 0 Å². The van der Waals surface area contributed by atoms with Crippen molar-refractivity contribution in [1.82, 2.24) is 10.6 Å². The molecule has 2 amide bonds. The second-order valence-corrected chi connectivity index (χ2v) is 5.52. The molecular formula is C13H16BrN3O2. The Morgan fingerprint density at radius 1 is 1.42 bits per heavy atom. The fourth-order valence-corrected chi connectivity index (χ4v) is 2.81. The third kappa shape index (κ3) is 3.33. The molecule has 0 aliphatic carbocycles. The first-order chi connectivity index (χ1) is 8.97. The van der Waals surface area contributed by atoms with Gasteiger partial charge in [-0.2, -0.15) is 0 Å². The Morgan fingerprint density at radius 2 is 2.16 bits per heavy atom. The summed E-state index contributed by atoms with van der Waals surface area (Å²) in [6.07, 6.45) is 0. The molecule has 1 aliphatic heterocycles. The third-order valence-electron chi connectivity index (χ3n) is 3.01. The van der Waals surface area contributed by atoms with Gasteiger partial charge in [0.25, 0.3) is 0 Å². The van der Waals surface area contributed by atoms with E-state index in [-0.39, 0.29) is 18.4 Å². The van der Waals surface area contributed by atoms with Gasteiger partial charge in [0.1, 0.15) is 6.04 Å². The summed E-state index contributed by atoms with van der Waals surface area (Å²) in [5, 5.41) is 8.45. The molecule has 1 heterocycles. The van der Waals surface area contributed by atoms with Crippen molar-refractivity contribution >= 4 is 33.4 Å². The van der Waals surface area contributed by atoms with Crippen molar-refractivity contribution in [3.8, 4) is 0 Å². The van der Waals surface area contributed by atoms with Crippen LogP contribution in [0, 0.1) is 13.8 Å². The molecule has 0 saturated carbocycles. The number of carbonyl (C=O) groups is 2. The molecule has 3 N–H and O–H groups in total. The molecule has 6 heteroatoms. The molecule has 1 aromatic carbocycles. The highest BCUT2D eigenvalue weighted by molar-refractivity contribution is 9.10. The largest absolute Gasteiger partial charge is 0.353 e. The topological polar surface area (TPSA) is 70.2 Å². The van der Waals surface area contributed by atoms with Gasteiger partial charge in [-0.05, 0) is 47.0 Å². The van der Waals surface area contributed by atoms with Gasteiger partial charge >= 0.3 is 0 Å². The molecule has 0 spiro atoms. The maximum Gasteiger partial charge on any atom is 0.243 e. The number of benzene rings is 1. The van der Waals surface area contributed by atoms with E-state index in [2.05, 4.69) is 31.9 Å². The first kappa shape index (κ1) is 14.0. The van der Waals surface area contributed by atoms with Crippen LogP contribution in [0.4, 0.5) is 5.69 Å². The number of piperazine rings is 1. The first-order valence-corrected chi connectivity index (χ1v) is 6.84. The van der Waals surface area contributed by atoms with Crippen LogP contribution in [0.15, 0.2) is 16.6 Å². The number of anilines is 1. The monoisotopic (exact) mass is 325 g/mol. The van der Waals surface area contributed by atoms with Gasteiger partial charge in [-0.3, -0.25) is 14.9 Å². The number of nitrogens with one attached hydrogen (secondary N) is 3. The maximum absolute atomic E-state index is 12.1. The van der Waals surface area contributed by atoms with Crippen LogP contribution in [0.2, 0.25) is 0 Å². The Bertz CT molecular complexity index is 498. The van der Waals surface area contributed by atoms with Gasteiger partial charge < -0.3 is 10.6 Å². The molecule has 1 unspecified atom stereocenters. The molecule has 1 saturated heterocycles. The van der Waals surface area contributed by atoms with Crippen molar-refractivity contribution < 1.29 is 9.59 Å². The minimum absolute atomic E-state index is 0.0863. The van der Waals surface area contributed by atoms with Crippen LogP contribution in [0.3, 0.4) is 0 Å². The van der Waals surface area contributed by atoms with Crippen molar-refractivity contribution in [2.24, 2.45) is 0 Å². The van der Waals surface area contributed by atoms with E-state index in [1.165, 1.54) is 0 Å².